The molecule has 1 rings (SSSR count). The Bertz CT molecular complexity index is 216. The predicted octanol–water partition coefficient (Wildman–Crippen LogP) is 1.62. The van der Waals surface area contributed by atoms with Gasteiger partial charge in [-0.2, -0.15) is 0 Å². The van der Waals surface area contributed by atoms with E-state index in [9.17, 15) is 4.79 Å². The first-order chi connectivity index (χ1) is 7.06. The summed E-state index contributed by atoms with van der Waals surface area (Å²) < 4.78 is 0. The average molecular weight is 212 g/mol. The van der Waals surface area contributed by atoms with Crippen LogP contribution in [0.2, 0.25) is 0 Å². The predicted molar refractivity (Wildman–Crippen MR) is 62.4 cm³/mol. The van der Waals surface area contributed by atoms with E-state index in [-0.39, 0.29) is 5.92 Å². The third kappa shape index (κ3) is 3.20. The van der Waals surface area contributed by atoms with Crippen molar-refractivity contribution in [3.05, 3.63) is 0 Å². The summed E-state index contributed by atoms with van der Waals surface area (Å²) in [6.07, 6.45) is 4.40. The van der Waals surface area contributed by atoms with E-state index in [1.54, 1.807) is 0 Å². The van der Waals surface area contributed by atoms with E-state index in [1.165, 1.54) is 6.42 Å². The smallest absolute Gasteiger partial charge is 0.225 e. The fourth-order valence-electron chi connectivity index (χ4n) is 2.27. The molecule has 0 bridgehead atoms. The monoisotopic (exact) mass is 212 g/mol. The molecule has 0 heterocycles. The van der Waals surface area contributed by atoms with Crippen molar-refractivity contribution in [3.8, 4) is 0 Å². The third-order valence-electron chi connectivity index (χ3n) is 3.59. The van der Waals surface area contributed by atoms with Gasteiger partial charge in [0.15, 0.2) is 0 Å². The van der Waals surface area contributed by atoms with Crippen molar-refractivity contribution >= 4 is 5.91 Å². The van der Waals surface area contributed by atoms with Gasteiger partial charge in [0.2, 0.25) is 5.91 Å². The molecule has 2 atom stereocenters. The van der Waals surface area contributed by atoms with Crippen LogP contribution < -0.4 is 5.73 Å². The molecule has 0 aromatic heterocycles. The first kappa shape index (κ1) is 12.5. The number of nitrogens with zero attached hydrogens (tertiary/aromatic N) is 1. The van der Waals surface area contributed by atoms with Gasteiger partial charge in [-0.15, -0.1) is 0 Å². The lowest BCUT2D eigenvalue weighted by molar-refractivity contribution is -0.137. The Balaban J connectivity index is 2.52. The Morgan fingerprint density at radius 2 is 2.13 bits per heavy atom. The molecule has 1 saturated carbocycles. The topological polar surface area (TPSA) is 46.3 Å². The highest BCUT2D eigenvalue weighted by atomic mass is 16.2. The van der Waals surface area contributed by atoms with Crippen molar-refractivity contribution in [1.29, 1.82) is 0 Å². The maximum absolute atomic E-state index is 12.1. The third-order valence-corrected chi connectivity index (χ3v) is 3.59. The summed E-state index contributed by atoms with van der Waals surface area (Å²) in [6, 6.07) is 0.302. The molecule has 0 saturated heterocycles. The molecular formula is C12H24N2O. The quantitative estimate of drug-likeness (QED) is 0.772. The second kappa shape index (κ2) is 5.50. The first-order valence-corrected chi connectivity index (χ1v) is 6.03. The van der Waals surface area contributed by atoms with E-state index in [2.05, 4.69) is 13.8 Å². The number of carbonyl (C=O) groups excluding carboxylic acids is 1. The van der Waals surface area contributed by atoms with Gasteiger partial charge in [0, 0.05) is 19.0 Å². The van der Waals surface area contributed by atoms with Gasteiger partial charge in [-0.25, -0.2) is 0 Å². The molecule has 0 aliphatic heterocycles. The van der Waals surface area contributed by atoms with Crippen LogP contribution in [-0.4, -0.2) is 30.4 Å². The van der Waals surface area contributed by atoms with Crippen LogP contribution in [0.1, 0.15) is 39.5 Å². The minimum absolute atomic E-state index is 0.222. The van der Waals surface area contributed by atoms with Gasteiger partial charge in [0.25, 0.3) is 0 Å². The number of nitrogens with two attached hydrogens (primary N) is 1. The van der Waals surface area contributed by atoms with Crippen molar-refractivity contribution in [1.82, 2.24) is 4.90 Å². The van der Waals surface area contributed by atoms with Crippen molar-refractivity contribution in [2.75, 3.05) is 13.6 Å². The molecule has 1 amide bonds. The second-order valence-electron chi connectivity index (χ2n) is 5.01. The molecule has 88 valence electrons. The molecule has 1 fully saturated rings. The Kier molecular flexibility index (Phi) is 4.58. The largest absolute Gasteiger partial charge is 0.343 e. The normalized spacial score (nSPS) is 26.7. The summed E-state index contributed by atoms with van der Waals surface area (Å²) in [7, 11) is 1.90. The molecule has 0 aromatic rings. The highest BCUT2D eigenvalue weighted by Gasteiger charge is 2.29. The van der Waals surface area contributed by atoms with Gasteiger partial charge in [-0.05, 0) is 45.6 Å². The molecule has 2 unspecified atom stereocenters. The van der Waals surface area contributed by atoms with E-state index in [0.29, 0.717) is 17.9 Å². The maximum Gasteiger partial charge on any atom is 0.225 e. The zero-order valence-electron chi connectivity index (χ0n) is 10.2. The Morgan fingerprint density at radius 1 is 1.47 bits per heavy atom. The van der Waals surface area contributed by atoms with Gasteiger partial charge in [0.1, 0.15) is 0 Å². The van der Waals surface area contributed by atoms with E-state index < -0.39 is 0 Å². The van der Waals surface area contributed by atoms with Crippen LogP contribution in [0.4, 0.5) is 0 Å². The molecule has 1 aliphatic carbocycles. The highest BCUT2D eigenvalue weighted by molar-refractivity contribution is 5.78. The summed E-state index contributed by atoms with van der Waals surface area (Å²) in [5.74, 6) is 1.09. The average Bonchev–Trinajstić information content (AvgIpc) is 2.27. The van der Waals surface area contributed by atoms with Gasteiger partial charge in [-0.3, -0.25) is 4.79 Å². The van der Waals surface area contributed by atoms with Crippen LogP contribution in [0.5, 0.6) is 0 Å². The lowest BCUT2D eigenvalue weighted by atomic mass is 9.80. The van der Waals surface area contributed by atoms with E-state index >= 15 is 0 Å². The van der Waals surface area contributed by atoms with Crippen molar-refractivity contribution in [2.45, 2.75) is 45.6 Å². The molecule has 15 heavy (non-hydrogen) atoms. The van der Waals surface area contributed by atoms with Crippen LogP contribution in [0.15, 0.2) is 0 Å². The second-order valence-corrected chi connectivity index (χ2v) is 5.01. The summed E-state index contributed by atoms with van der Waals surface area (Å²) >= 11 is 0. The van der Waals surface area contributed by atoms with Gasteiger partial charge in [-0.1, -0.05) is 6.42 Å². The maximum atomic E-state index is 12.1. The first-order valence-electron chi connectivity index (χ1n) is 6.03. The van der Waals surface area contributed by atoms with E-state index in [4.69, 9.17) is 5.73 Å². The van der Waals surface area contributed by atoms with E-state index in [1.807, 2.05) is 11.9 Å². The summed E-state index contributed by atoms with van der Waals surface area (Å²) in [5.41, 5.74) is 5.68. The van der Waals surface area contributed by atoms with Crippen LogP contribution in [-0.2, 0) is 4.79 Å². The zero-order chi connectivity index (χ0) is 11.4. The lowest BCUT2D eigenvalue weighted by Gasteiger charge is -2.32. The molecule has 2 N–H and O–H groups in total. The fraction of sp³-hybridized carbons (Fsp3) is 0.917. The molecule has 3 nitrogen and oxygen atoms in total. The molecule has 0 spiro atoms. The van der Waals surface area contributed by atoms with Crippen LogP contribution in [0.25, 0.3) is 0 Å². The van der Waals surface area contributed by atoms with Gasteiger partial charge >= 0.3 is 0 Å². The Morgan fingerprint density at radius 3 is 2.67 bits per heavy atom. The van der Waals surface area contributed by atoms with Crippen LogP contribution in [0.3, 0.4) is 0 Å². The fourth-order valence-corrected chi connectivity index (χ4v) is 2.27. The number of amides is 1. The molecular weight excluding hydrogens is 188 g/mol. The van der Waals surface area contributed by atoms with Gasteiger partial charge in [0.05, 0.1) is 0 Å². The van der Waals surface area contributed by atoms with E-state index in [0.717, 1.165) is 25.8 Å². The van der Waals surface area contributed by atoms with Gasteiger partial charge < -0.3 is 10.6 Å². The van der Waals surface area contributed by atoms with Crippen molar-refractivity contribution < 1.29 is 4.79 Å². The van der Waals surface area contributed by atoms with Crippen molar-refractivity contribution in [3.63, 3.8) is 0 Å². The van der Waals surface area contributed by atoms with Crippen molar-refractivity contribution in [2.24, 2.45) is 17.6 Å². The Labute approximate surface area is 93.0 Å². The number of hydrogen-bond donors (Lipinski definition) is 1. The summed E-state index contributed by atoms with van der Waals surface area (Å²) in [4.78, 5) is 14.0. The number of rotatable bonds is 3. The SMILES string of the molecule is CC(C)N(C)C(=O)C1CCCC(CN)C1. The number of hydrogen-bond acceptors (Lipinski definition) is 2. The summed E-state index contributed by atoms with van der Waals surface area (Å²) in [5, 5.41) is 0. The molecule has 0 aromatic carbocycles. The molecule has 1 aliphatic rings. The van der Waals surface area contributed by atoms with Crippen LogP contribution >= 0.6 is 0 Å². The number of carbonyl (C=O) groups is 1. The Hall–Kier alpha value is -0.570. The molecule has 0 radical (unpaired) electrons. The summed E-state index contributed by atoms with van der Waals surface area (Å²) in [6.45, 7) is 4.84. The minimum atomic E-state index is 0.222. The van der Waals surface area contributed by atoms with Crippen LogP contribution in [0, 0.1) is 11.8 Å². The standard InChI is InChI=1S/C12H24N2O/c1-9(2)14(3)12(15)11-6-4-5-10(7-11)8-13/h9-11H,4-8,13H2,1-3H3. The highest BCUT2D eigenvalue weighted by Crippen LogP contribution is 2.29. The zero-order valence-corrected chi connectivity index (χ0v) is 10.2. The lowest BCUT2D eigenvalue weighted by Crippen LogP contribution is -2.40. The minimum Gasteiger partial charge on any atom is -0.343 e. The molecule has 3 heteroatoms.